The van der Waals surface area contributed by atoms with Crippen LogP contribution in [0.1, 0.15) is 149 Å². The molecule has 0 amide bonds. The summed E-state index contributed by atoms with van der Waals surface area (Å²) < 4.78 is 32.4. The Morgan fingerprint density at radius 3 is 1.69 bits per heavy atom. The molecule has 0 bridgehead atoms. The number of carbonyl (C=O) groups is 2. The van der Waals surface area contributed by atoms with Gasteiger partial charge >= 0.3 is 19.8 Å². The third kappa shape index (κ3) is 28.9. The minimum atomic E-state index is -4.36. The summed E-state index contributed by atoms with van der Waals surface area (Å²) in [6.45, 7) is 3.64. The summed E-state index contributed by atoms with van der Waals surface area (Å²) in [7, 11) is -4.36. The predicted molar refractivity (Wildman–Crippen MR) is 169 cm³/mol. The van der Waals surface area contributed by atoms with Crippen molar-refractivity contribution in [2.45, 2.75) is 155 Å². The van der Waals surface area contributed by atoms with Gasteiger partial charge < -0.3 is 20.1 Å². The first kappa shape index (κ1) is 40.8. The van der Waals surface area contributed by atoms with Crippen LogP contribution in [0.2, 0.25) is 0 Å². The summed E-state index contributed by atoms with van der Waals surface area (Å²) in [5.74, 6) is -0.845. The molecule has 0 spiro atoms. The number of carbonyl (C=O) groups excluding carboxylic acids is 2. The molecule has 0 aromatic carbocycles. The van der Waals surface area contributed by atoms with Gasteiger partial charge in [-0.2, -0.15) is 0 Å². The van der Waals surface area contributed by atoms with E-state index in [1.165, 1.54) is 64.2 Å². The van der Waals surface area contributed by atoms with Crippen LogP contribution in [0.5, 0.6) is 0 Å². The summed E-state index contributed by atoms with van der Waals surface area (Å²) in [6, 6.07) is 0. The zero-order valence-corrected chi connectivity index (χ0v) is 27.6. The standard InChI is InChI=1S/C32H62NO8P/c1-3-5-7-9-11-12-13-14-15-16-17-19-21-23-25-32(35)41-30(29-40-42(36,37)39-27-26-33)28-38-31(34)24-22-20-18-10-8-6-4-2/h13-14,30H,3-12,15-29,33H2,1-2H3,(H,36,37)/b14-13+/t30-/m1/s1. The van der Waals surface area contributed by atoms with Crippen molar-refractivity contribution in [2.75, 3.05) is 26.4 Å². The molecule has 0 fully saturated rings. The number of rotatable bonds is 31. The summed E-state index contributed by atoms with van der Waals surface area (Å²) in [5, 5.41) is 0. The highest BCUT2D eigenvalue weighted by atomic mass is 31.2. The molecule has 1 unspecified atom stereocenters. The number of ether oxygens (including phenoxy) is 2. The number of hydrogen-bond acceptors (Lipinski definition) is 8. The van der Waals surface area contributed by atoms with Crippen LogP contribution in [-0.2, 0) is 32.7 Å². The molecule has 10 heteroatoms. The largest absolute Gasteiger partial charge is 0.472 e. The van der Waals surface area contributed by atoms with Crippen LogP contribution >= 0.6 is 7.82 Å². The fraction of sp³-hybridized carbons (Fsp3) is 0.875. The second-order valence-corrected chi connectivity index (χ2v) is 12.5. The van der Waals surface area contributed by atoms with E-state index in [9.17, 15) is 19.0 Å². The van der Waals surface area contributed by atoms with Crippen molar-refractivity contribution in [3.05, 3.63) is 12.2 Å². The lowest BCUT2D eigenvalue weighted by atomic mass is 10.1. The fourth-order valence-electron chi connectivity index (χ4n) is 4.39. The SMILES string of the molecule is CCCCCCC/C=C/CCCCCCCC(=O)O[C@H](COC(=O)CCCCCCCCC)COP(=O)(O)OCCN. The monoisotopic (exact) mass is 619 g/mol. The molecule has 0 aliphatic heterocycles. The average Bonchev–Trinajstić information content (AvgIpc) is 2.97. The molecule has 0 rings (SSSR count). The van der Waals surface area contributed by atoms with Crippen molar-refractivity contribution in [3.63, 3.8) is 0 Å². The number of allylic oxidation sites excluding steroid dienone is 2. The van der Waals surface area contributed by atoms with Crippen molar-refractivity contribution in [3.8, 4) is 0 Å². The van der Waals surface area contributed by atoms with Crippen LogP contribution in [0.3, 0.4) is 0 Å². The van der Waals surface area contributed by atoms with Gasteiger partial charge in [0, 0.05) is 19.4 Å². The van der Waals surface area contributed by atoms with Crippen LogP contribution in [0.15, 0.2) is 12.2 Å². The van der Waals surface area contributed by atoms with Gasteiger partial charge in [0.05, 0.1) is 13.2 Å². The average molecular weight is 620 g/mol. The van der Waals surface area contributed by atoms with Crippen LogP contribution in [0, 0.1) is 0 Å². The maximum Gasteiger partial charge on any atom is 0.472 e. The molecule has 3 N–H and O–H groups in total. The topological polar surface area (TPSA) is 134 Å². The Morgan fingerprint density at radius 2 is 1.17 bits per heavy atom. The van der Waals surface area contributed by atoms with Crippen molar-refractivity contribution in [1.82, 2.24) is 0 Å². The highest BCUT2D eigenvalue weighted by Crippen LogP contribution is 2.43. The van der Waals surface area contributed by atoms with Gasteiger partial charge in [0.25, 0.3) is 0 Å². The molecule has 0 heterocycles. The van der Waals surface area contributed by atoms with Crippen LogP contribution in [-0.4, -0.2) is 49.3 Å². The summed E-state index contributed by atoms with van der Waals surface area (Å²) in [5.41, 5.74) is 5.30. The number of phosphoric acid groups is 1. The van der Waals surface area contributed by atoms with Gasteiger partial charge in [0.2, 0.25) is 0 Å². The maximum atomic E-state index is 12.4. The first-order valence-electron chi connectivity index (χ1n) is 16.7. The maximum absolute atomic E-state index is 12.4. The van der Waals surface area contributed by atoms with E-state index in [0.717, 1.165) is 51.4 Å². The smallest absolute Gasteiger partial charge is 0.462 e. The molecule has 9 nitrogen and oxygen atoms in total. The number of nitrogens with two attached hydrogens (primary N) is 1. The highest BCUT2D eigenvalue weighted by Gasteiger charge is 2.25. The molecule has 42 heavy (non-hydrogen) atoms. The first-order valence-corrected chi connectivity index (χ1v) is 18.2. The van der Waals surface area contributed by atoms with Crippen molar-refractivity contribution in [1.29, 1.82) is 0 Å². The van der Waals surface area contributed by atoms with E-state index in [1.807, 2.05) is 0 Å². The molecule has 0 saturated carbocycles. The van der Waals surface area contributed by atoms with E-state index >= 15 is 0 Å². The minimum absolute atomic E-state index is 0.0540. The summed E-state index contributed by atoms with van der Waals surface area (Å²) in [6.07, 6.45) is 25.5. The molecule has 0 aromatic rings. The van der Waals surface area contributed by atoms with E-state index in [4.69, 9.17) is 24.3 Å². The quantitative estimate of drug-likeness (QED) is 0.0340. The second kappa shape index (κ2) is 29.8. The Labute approximate surface area is 256 Å². The molecule has 0 aliphatic rings. The molecule has 248 valence electrons. The molecular formula is C32H62NO8P. The lowest BCUT2D eigenvalue weighted by Gasteiger charge is -2.19. The molecule has 0 radical (unpaired) electrons. The Kier molecular flexibility index (Phi) is 28.9. The first-order chi connectivity index (χ1) is 20.3. The lowest BCUT2D eigenvalue weighted by molar-refractivity contribution is -0.161. The fourth-order valence-corrected chi connectivity index (χ4v) is 5.16. The molecule has 0 saturated heterocycles. The van der Waals surface area contributed by atoms with Crippen LogP contribution in [0.4, 0.5) is 0 Å². The van der Waals surface area contributed by atoms with E-state index in [0.29, 0.717) is 6.42 Å². The highest BCUT2D eigenvalue weighted by molar-refractivity contribution is 7.47. The van der Waals surface area contributed by atoms with Crippen molar-refractivity contribution >= 4 is 19.8 Å². The number of esters is 2. The normalized spacial score (nSPS) is 13.7. The number of unbranched alkanes of at least 4 members (excludes halogenated alkanes) is 16. The third-order valence-electron chi connectivity index (χ3n) is 6.90. The third-order valence-corrected chi connectivity index (χ3v) is 7.89. The Hall–Kier alpha value is -1.25. The van der Waals surface area contributed by atoms with E-state index in [1.54, 1.807) is 0 Å². The van der Waals surface area contributed by atoms with Gasteiger partial charge in [-0.1, -0.05) is 109 Å². The summed E-state index contributed by atoms with van der Waals surface area (Å²) >= 11 is 0. The van der Waals surface area contributed by atoms with Gasteiger partial charge in [-0.3, -0.25) is 18.6 Å². The molecule has 0 aromatic heterocycles. The molecule has 0 aliphatic carbocycles. The van der Waals surface area contributed by atoms with E-state index in [2.05, 4.69) is 26.0 Å². The van der Waals surface area contributed by atoms with E-state index < -0.39 is 32.5 Å². The zero-order chi connectivity index (χ0) is 31.2. The molecule has 2 atom stereocenters. The van der Waals surface area contributed by atoms with Crippen molar-refractivity contribution < 1.29 is 37.6 Å². The zero-order valence-electron chi connectivity index (χ0n) is 26.7. The Bertz CT molecular complexity index is 719. The van der Waals surface area contributed by atoms with Gasteiger partial charge in [0.1, 0.15) is 6.61 Å². The second-order valence-electron chi connectivity index (χ2n) is 11.0. The van der Waals surface area contributed by atoms with Crippen molar-refractivity contribution in [2.24, 2.45) is 5.73 Å². The van der Waals surface area contributed by atoms with Gasteiger partial charge in [-0.15, -0.1) is 0 Å². The van der Waals surface area contributed by atoms with Crippen LogP contribution in [0.25, 0.3) is 0 Å². The Balaban J connectivity index is 4.27. The van der Waals surface area contributed by atoms with Gasteiger partial charge in [-0.25, -0.2) is 4.57 Å². The van der Waals surface area contributed by atoms with E-state index in [-0.39, 0.29) is 32.6 Å². The van der Waals surface area contributed by atoms with Crippen LogP contribution < -0.4 is 5.73 Å². The number of phosphoric ester groups is 1. The Morgan fingerprint density at radius 1 is 0.690 bits per heavy atom. The predicted octanol–water partition coefficient (Wildman–Crippen LogP) is 8.32. The minimum Gasteiger partial charge on any atom is -0.462 e. The van der Waals surface area contributed by atoms with Gasteiger partial charge in [-0.05, 0) is 38.5 Å². The van der Waals surface area contributed by atoms with Gasteiger partial charge in [0.15, 0.2) is 6.10 Å². The lowest BCUT2D eigenvalue weighted by Crippen LogP contribution is -2.29. The number of hydrogen-bond donors (Lipinski definition) is 2. The molecular weight excluding hydrogens is 557 g/mol. The summed E-state index contributed by atoms with van der Waals surface area (Å²) in [4.78, 5) is 34.4.